The minimum Gasteiger partial charge on any atom is -0.379 e. The third kappa shape index (κ3) is 1.96. The summed E-state index contributed by atoms with van der Waals surface area (Å²) in [5.41, 5.74) is 2.57. The lowest BCUT2D eigenvalue weighted by Gasteiger charge is -2.09. The first kappa shape index (κ1) is 9.52. The van der Waals surface area contributed by atoms with Gasteiger partial charge in [-0.1, -0.05) is 18.2 Å². The molecule has 2 heteroatoms. The van der Waals surface area contributed by atoms with Crippen molar-refractivity contribution in [1.82, 2.24) is 4.57 Å². The Hall–Kier alpha value is -1.70. The highest BCUT2D eigenvalue weighted by Gasteiger charge is 2.24. The zero-order valence-electron chi connectivity index (χ0n) is 9.26. The molecule has 0 unspecified atom stereocenters. The lowest BCUT2D eigenvalue weighted by molar-refractivity contribution is 0.705. The zero-order valence-corrected chi connectivity index (χ0v) is 9.26. The van der Waals surface area contributed by atoms with Crippen LogP contribution in [-0.2, 0) is 6.54 Å². The standard InChI is InChI=1S/C14H16N2/c1-2-5-12(6-3-1)15-11-14-7-4-10-16(14)13-8-9-13/h1-7,10,13,15H,8-9,11H2. The van der Waals surface area contributed by atoms with Gasteiger partial charge in [-0.15, -0.1) is 0 Å². The van der Waals surface area contributed by atoms with Crippen molar-refractivity contribution >= 4 is 5.69 Å². The van der Waals surface area contributed by atoms with Gasteiger partial charge in [0.05, 0.1) is 6.54 Å². The molecule has 0 spiro atoms. The molecule has 1 aliphatic rings. The van der Waals surface area contributed by atoms with Gasteiger partial charge in [0, 0.05) is 23.6 Å². The Morgan fingerprint density at radius 2 is 1.88 bits per heavy atom. The molecule has 0 bridgehead atoms. The number of benzene rings is 1. The van der Waals surface area contributed by atoms with Gasteiger partial charge in [0.2, 0.25) is 0 Å². The smallest absolute Gasteiger partial charge is 0.0553 e. The fraction of sp³-hybridized carbons (Fsp3) is 0.286. The molecule has 0 radical (unpaired) electrons. The monoisotopic (exact) mass is 212 g/mol. The van der Waals surface area contributed by atoms with Crippen LogP contribution in [0.1, 0.15) is 24.6 Å². The predicted octanol–water partition coefficient (Wildman–Crippen LogP) is 3.44. The van der Waals surface area contributed by atoms with E-state index in [0.717, 1.165) is 12.6 Å². The van der Waals surface area contributed by atoms with E-state index in [1.807, 2.05) is 6.07 Å². The summed E-state index contributed by atoms with van der Waals surface area (Å²) in [6.07, 6.45) is 4.87. The van der Waals surface area contributed by atoms with Gasteiger partial charge in [-0.25, -0.2) is 0 Å². The molecule has 16 heavy (non-hydrogen) atoms. The van der Waals surface area contributed by atoms with Gasteiger partial charge >= 0.3 is 0 Å². The first-order valence-corrected chi connectivity index (χ1v) is 5.88. The Morgan fingerprint density at radius 1 is 1.06 bits per heavy atom. The quantitative estimate of drug-likeness (QED) is 0.821. The summed E-state index contributed by atoms with van der Waals surface area (Å²) in [4.78, 5) is 0. The lowest BCUT2D eigenvalue weighted by atomic mass is 10.3. The molecular formula is C14H16N2. The van der Waals surface area contributed by atoms with Crippen molar-refractivity contribution in [1.29, 1.82) is 0 Å². The number of nitrogens with zero attached hydrogens (tertiary/aromatic N) is 1. The second-order valence-corrected chi connectivity index (χ2v) is 4.36. The number of hydrogen-bond acceptors (Lipinski definition) is 1. The molecule has 2 aromatic rings. The Balaban J connectivity index is 1.68. The summed E-state index contributed by atoms with van der Waals surface area (Å²) in [6, 6.07) is 15.5. The van der Waals surface area contributed by atoms with Gasteiger partial charge in [0.15, 0.2) is 0 Å². The molecule has 0 saturated heterocycles. The fourth-order valence-electron chi connectivity index (χ4n) is 2.04. The summed E-state index contributed by atoms with van der Waals surface area (Å²) in [7, 11) is 0. The van der Waals surface area contributed by atoms with Crippen LogP contribution in [0.3, 0.4) is 0 Å². The average molecular weight is 212 g/mol. The first-order valence-electron chi connectivity index (χ1n) is 5.88. The van der Waals surface area contributed by atoms with Crippen molar-refractivity contribution in [2.24, 2.45) is 0 Å². The topological polar surface area (TPSA) is 17.0 Å². The molecular weight excluding hydrogens is 196 g/mol. The fourth-order valence-corrected chi connectivity index (χ4v) is 2.04. The summed E-state index contributed by atoms with van der Waals surface area (Å²) in [6.45, 7) is 0.910. The van der Waals surface area contributed by atoms with Crippen molar-refractivity contribution in [2.45, 2.75) is 25.4 Å². The van der Waals surface area contributed by atoms with Crippen LogP contribution in [-0.4, -0.2) is 4.57 Å². The minimum atomic E-state index is 0.766. The molecule has 0 atom stereocenters. The van der Waals surface area contributed by atoms with Crippen LogP contribution < -0.4 is 5.32 Å². The van der Waals surface area contributed by atoms with E-state index in [1.54, 1.807) is 0 Å². The number of anilines is 1. The largest absolute Gasteiger partial charge is 0.379 e. The maximum Gasteiger partial charge on any atom is 0.0553 e. The second kappa shape index (κ2) is 4.05. The molecule has 1 N–H and O–H groups in total. The van der Waals surface area contributed by atoms with Crippen LogP contribution in [0, 0.1) is 0 Å². The maximum absolute atomic E-state index is 3.45. The van der Waals surface area contributed by atoms with Crippen molar-refractivity contribution in [3.8, 4) is 0 Å². The third-order valence-corrected chi connectivity index (χ3v) is 3.05. The first-order chi connectivity index (χ1) is 7.93. The SMILES string of the molecule is c1ccc(NCc2cccn2C2CC2)cc1. The molecule has 0 aliphatic heterocycles. The molecule has 1 aliphatic carbocycles. The molecule has 1 aromatic carbocycles. The lowest BCUT2D eigenvalue weighted by Crippen LogP contribution is -2.05. The summed E-state index contributed by atoms with van der Waals surface area (Å²) < 4.78 is 2.40. The number of rotatable bonds is 4. The van der Waals surface area contributed by atoms with Gasteiger partial charge in [0.1, 0.15) is 0 Å². The Morgan fingerprint density at radius 3 is 2.62 bits per heavy atom. The van der Waals surface area contributed by atoms with E-state index >= 15 is 0 Å². The molecule has 1 heterocycles. The Bertz CT molecular complexity index is 455. The van der Waals surface area contributed by atoms with E-state index in [9.17, 15) is 0 Å². The van der Waals surface area contributed by atoms with E-state index < -0.39 is 0 Å². The van der Waals surface area contributed by atoms with Crippen molar-refractivity contribution in [3.05, 3.63) is 54.4 Å². The Labute approximate surface area is 95.9 Å². The molecule has 2 nitrogen and oxygen atoms in total. The van der Waals surface area contributed by atoms with E-state index in [0.29, 0.717) is 0 Å². The van der Waals surface area contributed by atoms with Crippen LogP contribution in [0.15, 0.2) is 48.7 Å². The van der Waals surface area contributed by atoms with Crippen molar-refractivity contribution < 1.29 is 0 Å². The van der Waals surface area contributed by atoms with Crippen LogP contribution in [0.4, 0.5) is 5.69 Å². The molecule has 1 aromatic heterocycles. The number of nitrogens with one attached hydrogen (secondary N) is 1. The highest BCUT2D eigenvalue weighted by Crippen LogP contribution is 2.36. The summed E-state index contributed by atoms with van der Waals surface area (Å²) in [5, 5.41) is 3.45. The normalized spacial score (nSPS) is 15.0. The van der Waals surface area contributed by atoms with Gasteiger partial charge in [-0.05, 0) is 37.1 Å². The van der Waals surface area contributed by atoms with Crippen LogP contribution >= 0.6 is 0 Å². The highest BCUT2D eigenvalue weighted by molar-refractivity contribution is 5.42. The number of aromatic nitrogens is 1. The summed E-state index contributed by atoms with van der Waals surface area (Å²) in [5.74, 6) is 0. The van der Waals surface area contributed by atoms with E-state index in [1.165, 1.54) is 24.2 Å². The second-order valence-electron chi connectivity index (χ2n) is 4.36. The van der Waals surface area contributed by atoms with E-state index in [4.69, 9.17) is 0 Å². The van der Waals surface area contributed by atoms with Crippen molar-refractivity contribution in [3.63, 3.8) is 0 Å². The van der Waals surface area contributed by atoms with Crippen LogP contribution in [0.25, 0.3) is 0 Å². The predicted molar refractivity (Wildman–Crippen MR) is 66.5 cm³/mol. The number of hydrogen-bond donors (Lipinski definition) is 1. The van der Waals surface area contributed by atoms with E-state index in [-0.39, 0.29) is 0 Å². The van der Waals surface area contributed by atoms with Crippen LogP contribution in [0.5, 0.6) is 0 Å². The van der Waals surface area contributed by atoms with Gasteiger partial charge in [-0.3, -0.25) is 0 Å². The van der Waals surface area contributed by atoms with E-state index in [2.05, 4.69) is 52.5 Å². The molecule has 1 fully saturated rings. The van der Waals surface area contributed by atoms with Gasteiger partial charge in [0.25, 0.3) is 0 Å². The van der Waals surface area contributed by atoms with Gasteiger partial charge in [-0.2, -0.15) is 0 Å². The molecule has 82 valence electrons. The average Bonchev–Trinajstić information content (AvgIpc) is 3.07. The summed E-state index contributed by atoms with van der Waals surface area (Å²) >= 11 is 0. The van der Waals surface area contributed by atoms with Gasteiger partial charge < -0.3 is 9.88 Å². The zero-order chi connectivity index (χ0) is 10.8. The minimum absolute atomic E-state index is 0.766. The highest BCUT2D eigenvalue weighted by atomic mass is 15.1. The molecule has 0 amide bonds. The number of para-hydroxylation sites is 1. The molecule has 3 rings (SSSR count). The molecule has 1 saturated carbocycles. The maximum atomic E-state index is 3.45. The van der Waals surface area contributed by atoms with Crippen LogP contribution in [0.2, 0.25) is 0 Å². The van der Waals surface area contributed by atoms with Crippen molar-refractivity contribution in [2.75, 3.05) is 5.32 Å². The Kier molecular flexibility index (Phi) is 2.41. The third-order valence-electron chi connectivity index (χ3n) is 3.05.